The highest BCUT2D eigenvalue weighted by Gasteiger charge is 2.16. The largest absolute Gasteiger partial charge is 0.478 e. The van der Waals surface area contributed by atoms with E-state index in [1.807, 2.05) is 6.08 Å². The molecule has 5 nitrogen and oxygen atoms in total. The number of rotatable bonds is 7. The number of carboxylic acids is 1. The highest BCUT2D eigenvalue weighted by atomic mass is 32.1. The molecule has 0 bridgehead atoms. The molecule has 2 aromatic heterocycles. The zero-order valence-corrected chi connectivity index (χ0v) is 17.1. The van der Waals surface area contributed by atoms with Crippen LogP contribution in [0.25, 0.3) is 10.7 Å². The number of allylic oxidation sites excluding steroid dienone is 1. The summed E-state index contributed by atoms with van der Waals surface area (Å²) in [6.07, 6.45) is 3.28. The van der Waals surface area contributed by atoms with Crippen LogP contribution in [0.15, 0.2) is 43.0 Å². The molecule has 6 heteroatoms. The second-order valence-corrected chi connectivity index (χ2v) is 7.78. The molecule has 0 aliphatic heterocycles. The maximum Gasteiger partial charge on any atom is 0.335 e. The van der Waals surface area contributed by atoms with E-state index in [1.54, 1.807) is 35.6 Å². The molecule has 0 saturated carbocycles. The van der Waals surface area contributed by atoms with Crippen molar-refractivity contribution in [1.82, 2.24) is 9.97 Å². The Bertz CT molecular complexity index is 1000. The minimum absolute atomic E-state index is 0.249. The lowest BCUT2D eigenvalue weighted by molar-refractivity contribution is 0.0697. The fourth-order valence-electron chi connectivity index (χ4n) is 2.91. The van der Waals surface area contributed by atoms with Crippen LogP contribution in [0.2, 0.25) is 0 Å². The third-order valence-corrected chi connectivity index (χ3v) is 5.71. The fraction of sp³-hybridized carbons (Fsp3) is 0.227. The number of nitrogens with one attached hydrogen (secondary N) is 1. The van der Waals surface area contributed by atoms with Gasteiger partial charge in [0.25, 0.3) is 0 Å². The van der Waals surface area contributed by atoms with Gasteiger partial charge in [0.2, 0.25) is 0 Å². The first-order valence-electron chi connectivity index (χ1n) is 9.11. The lowest BCUT2D eigenvalue weighted by Crippen LogP contribution is -2.07. The first-order valence-corrected chi connectivity index (χ1v) is 9.93. The van der Waals surface area contributed by atoms with Crippen LogP contribution < -0.4 is 5.32 Å². The number of aryl methyl sites for hydroxylation is 3. The Morgan fingerprint density at radius 1 is 1.25 bits per heavy atom. The van der Waals surface area contributed by atoms with Gasteiger partial charge in [-0.25, -0.2) is 14.8 Å². The molecule has 0 amide bonds. The Labute approximate surface area is 168 Å². The molecule has 2 heterocycles. The van der Waals surface area contributed by atoms with Gasteiger partial charge in [0, 0.05) is 21.8 Å². The smallest absolute Gasteiger partial charge is 0.335 e. The Kier molecular flexibility index (Phi) is 5.90. The lowest BCUT2D eigenvalue weighted by Gasteiger charge is -2.15. The molecule has 0 spiro atoms. The van der Waals surface area contributed by atoms with Crippen molar-refractivity contribution in [3.8, 4) is 10.7 Å². The molecule has 0 atom stereocenters. The van der Waals surface area contributed by atoms with Crippen LogP contribution >= 0.6 is 11.3 Å². The molecule has 0 aliphatic rings. The molecule has 3 aromatic rings. The second-order valence-electron chi connectivity index (χ2n) is 6.52. The summed E-state index contributed by atoms with van der Waals surface area (Å²) in [4.78, 5) is 23.0. The first-order chi connectivity index (χ1) is 13.4. The number of thiophene rings is 1. The number of aromatic carboxylic acids is 1. The predicted molar refractivity (Wildman–Crippen MR) is 115 cm³/mol. The number of nitrogens with zero attached hydrogens (tertiary/aromatic N) is 2. The number of carboxylic acid groups (broad SMARTS) is 1. The highest BCUT2D eigenvalue weighted by molar-refractivity contribution is 7.15. The third-order valence-electron chi connectivity index (χ3n) is 4.56. The average molecular weight is 394 g/mol. The zero-order valence-electron chi connectivity index (χ0n) is 16.2. The number of benzene rings is 1. The summed E-state index contributed by atoms with van der Waals surface area (Å²) in [5.74, 6) is 0.490. The maximum absolute atomic E-state index is 11.1. The van der Waals surface area contributed by atoms with E-state index in [9.17, 15) is 4.79 Å². The molecule has 144 valence electrons. The van der Waals surface area contributed by atoms with Gasteiger partial charge in [0.1, 0.15) is 5.82 Å². The van der Waals surface area contributed by atoms with E-state index in [1.165, 1.54) is 10.4 Å². The predicted octanol–water partition coefficient (Wildman–Crippen LogP) is 5.55. The molecule has 3 rings (SSSR count). The lowest BCUT2D eigenvalue weighted by atomic mass is 10.1. The molecule has 2 N–H and O–H groups in total. The monoisotopic (exact) mass is 393 g/mol. The van der Waals surface area contributed by atoms with Crippen molar-refractivity contribution in [2.24, 2.45) is 0 Å². The Hall–Kier alpha value is -2.99. The Morgan fingerprint density at radius 3 is 2.50 bits per heavy atom. The van der Waals surface area contributed by atoms with E-state index >= 15 is 0 Å². The molecule has 28 heavy (non-hydrogen) atoms. The van der Waals surface area contributed by atoms with E-state index in [2.05, 4.69) is 38.7 Å². The number of carbonyl (C=O) groups is 1. The summed E-state index contributed by atoms with van der Waals surface area (Å²) in [5, 5.41) is 12.4. The van der Waals surface area contributed by atoms with Gasteiger partial charge in [0.15, 0.2) is 5.82 Å². The number of hydrogen-bond donors (Lipinski definition) is 2. The van der Waals surface area contributed by atoms with E-state index < -0.39 is 5.97 Å². The molecular formula is C22H23N3O2S. The summed E-state index contributed by atoms with van der Waals surface area (Å²) in [5.41, 5.74) is 4.25. The van der Waals surface area contributed by atoms with Crippen LogP contribution in [0.3, 0.4) is 0 Å². The minimum atomic E-state index is -0.945. The van der Waals surface area contributed by atoms with Crippen molar-refractivity contribution in [1.29, 1.82) is 0 Å². The molecule has 0 radical (unpaired) electrons. The van der Waals surface area contributed by atoms with Crippen LogP contribution in [0.5, 0.6) is 0 Å². The van der Waals surface area contributed by atoms with E-state index in [0.717, 1.165) is 34.1 Å². The van der Waals surface area contributed by atoms with E-state index in [4.69, 9.17) is 15.1 Å². The minimum Gasteiger partial charge on any atom is -0.478 e. The summed E-state index contributed by atoms with van der Waals surface area (Å²) in [7, 11) is 0. The van der Waals surface area contributed by atoms with Gasteiger partial charge in [-0.2, -0.15) is 0 Å². The Morgan fingerprint density at radius 2 is 1.96 bits per heavy atom. The number of hydrogen-bond acceptors (Lipinski definition) is 5. The molecule has 1 aromatic carbocycles. The van der Waals surface area contributed by atoms with Gasteiger partial charge in [-0.15, -0.1) is 17.9 Å². The summed E-state index contributed by atoms with van der Waals surface area (Å²) < 4.78 is 0. The standard InChI is InChI=1S/C22H23N3O2S/c1-5-7-17-18(6-2)24-21(19-12-13(3)14(4)28-19)25-20(17)23-16-10-8-15(9-11-16)22(26)27/h5,8-12H,1,6-7H2,2-4H3,(H,26,27)(H,23,24,25). The van der Waals surface area contributed by atoms with Gasteiger partial charge in [-0.3, -0.25) is 0 Å². The van der Waals surface area contributed by atoms with Crippen molar-refractivity contribution in [3.63, 3.8) is 0 Å². The quantitative estimate of drug-likeness (QED) is 0.514. The van der Waals surface area contributed by atoms with Gasteiger partial charge in [-0.1, -0.05) is 13.0 Å². The van der Waals surface area contributed by atoms with Crippen LogP contribution in [0, 0.1) is 13.8 Å². The maximum atomic E-state index is 11.1. The number of aromatic nitrogens is 2. The first kappa shape index (κ1) is 19.8. The van der Waals surface area contributed by atoms with Crippen molar-refractivity contribution in [3.05, 3.63) is 70.2 Å². The summed E-state index contributed by atoms with van der Waals surface area (Å²) in [6, 6.07) is 8.76. The van der Waals surface area contributed by atoms with E-state index in [-0.39, 0.29) is 5.56 Å². The van der Waals surface area contributed by atoms with Gasteiger partial charge in [-0.05, 0) is 62.6 Å². The van der Waals surface area contributed by atoms with Gasteiger partial charge in [0.05, 0.1) is 10.4 Å². The van der Waals surface area contributed by atoms with Crippen molar-refractivity contribution in [2.75, 3.05) is 5.32 Å². The third kappa shape index (κ3) is 4.12. The van der Waals surface area contributed by atoms with Crippen molar-refractivity contribution >= 4 is 28.8 Å². The SMILES string of the molecule is C=CCc1c(CC)nc(-c2cc(C)c(C)s2)nc1Nc1ccc(C(=O)O)cc1. The summed E-state index contributed by atoms with van der Waals surface area (Å²) >= 11 is 1.69. The number of anilines is 2. The van der Waals surface area contributed by atoms with Crippen LogP contribution in [0.1, 0.15) is 39.0 Å². The average Bonchev–Trinajstić information content (AvgIpc) is 3.02. The molecule has 0 fully saturated rings. The molecule has 0 unspecified atom stereocenters. The van der Waals surface area contributed by atoms with Crippen LogP contribution in [-0.4, -0.2) is 21.0 Å². The van der Waals surface area contributed by atoms with Crippen molar-refractivity contribution in [2.45, 2.75) is 33.6 Å². The van der Waals surface area contributed by atoms with Gasteiger partial charge >= 0.3 is 5.97 Å². The second kappa shape index (κ2) is 8.35. The highest BCUT2D eigenvalue weighted by Crippen LogP contribution is 2.32. The molecule has 0 saturated heterocycles. The van der Waals surface area contributed by atoms with E-state index in [0.29, 0.717) is 12.2 Å². The van der Waals surface area contributed by atoms with Crippen LogP contribution in [-0.2, 0) is 12.8 Å². The fourth-order valence-corrected chi connectivity index (χ4v) is 3.88. The van der Waals surface area contributed by atoms with Crippen LogP contribution in [0.4, 0.5) is 11.5 Å². The normalized spacial score (nSPS) is 10.7. The Balaban J connectivity index is 2.06. The topological polar surface area (TPSA) is 75.1 Å². The summed E-state index contributed by atoms with van der Waals surface area (Å²) in [6.45, 7) is 10.1. The molecule has 0 aliphatic carbocycles. The van der Waals surface area contributed by atoms with Gasteiger partial charge < -0.3 is 10.4 Å². The van der Waals surface area contributed by atoms with Crippen molar-refractivity contribution < 1.29 is 9.90 Å². The zero-order chi connectivity index (χ0) is 20.3. The molecular weight excluding hydrogens is 370 g/mol.